The van der Waals surface area contributed by atoms with Crippen molar-refractivity contribution >= 4 is 17.5 Å². The van der Waals surface area contributed by atoms with Crippen LogP contribution in [0.2, 0.25) is 5.02 Å². The van der Waals surface area contributed by atoms with Crippen molar-refractivity contribution in [2.75, 3.05) is 19.7 Å². The number of nitrogens with zero attached hydrogens (tertiary/aromatic N) is 1. The van der Waals surface area contributed by atoms with E-state index < -0.39 is 0 Å². The fraction of sp³-hybridized carbons (Fsp3) is 0.588. The Bertz CT molecular complexity index is 593. The van der Waals surface area contributed by atoms with Gasteiger partial charge in [-0.1, -0.05) is 29.8 Å². The minimum absolute atomic E-state index is 0.120. The first-order valence-corrected chi connectivity index (χ1v) is 8.76. The summed E-state index contributed by atoms with van der Waals surface area (Å²) in [6.07, 6.45) is 3.31. The third-order valence-electron chi connectivity index (χ3n) is 5.05. The third-order valence-corrected chi connectivity index (χ3v) is 5.40. The molecule has 4 rings (SSSR count). The van der Waals surface area contributed by atoms with E-state index in [1.54, 1.807) is 0 Å². The van der Waals surface area contributed by atoms with Gasteiger partial charge in [-0.2, -0.15) is 0 Å². The summed E-state index contributed by atoms with van der Waals surface area (Å²) in [5, 5.41) is 0.696. The molecule has 124 valence electrons. The molecule has 1 amide bonds. The number of hydrazine groups is 1. The van der Waals surface area contributed by atoms with Crippen LogP contribution in [0, 0.1) is 5.92 Å². The lowest BCUT2D eigenvalue weighted by atomic mass is 10.0. The highest BCUT2D eigenvalue weighted by Gasteiger charge is 2.40. The van der Waals surface area contributed by atoms with Crippen molar-refractivity contribution < 1.29 is 9.53 Å². The molecule has 3 aliphatic rings. The number of hydrogen-bond acceptors (Lipinski definition) is 4. The molecule has 0 spiro atoms. The molecule has 0 bridgehead atoms. The van der Waals surface area contributed by atoms with Crippen molar-refractivity contribution in [1.82, 2.24) is 15.8 Å². The molecule has 3 unspecified atom stereocenters. The predicted octanol–water partition coefficient (Wildman–Crippen LogP) is 1.89. The van der Waals surface area contributed by atoms with Crippen LogP contribution in [-0.2, 0) is 9.53 Å². The average Bonchev–Trinajstić information content (AvgIpc) is 3.32. The maximum absolute atomic E-state index is 12.8. The van der Waals surface area contributed by atoms with Gasteiger partial charge < -0.3 is 9.64 Å². The van der Waals surface area contributed by atoms with E-state index in [0.717, 1.165) is 17.9 Å². The van der Waals surface area contributed by atoms with Gasteiger partial charge in [-0.15, -0.1) is 0 Å². The zero-order chi connectivity index (χ0) is 15.8. The van der Waals surface area contributed by atoms with E-state index in [4.69, 9.17) is 16.3 Å². The van der Waals surface area contributed by atoms with Crippen LogP contribution < -0.4 is 10.9 Å². The lowest BCUT2D eigenvalue weighted by Crippen LogP contribution is -2.50. The normalized spacial score (nSPS) is 31.3. The van der Waals surface area contributed by atoms with Crippen molar-refractivity contribution in [3.63, 3.8) is 0 Å². The van der Waals surface area contributed by atoms with Gasteiger partial charge in [-0.3, -0.25) is 10.2 Å². The number of ether oxygens (including phenoxy) is 1. The Balaban J connectivity index is 1.41. The largest absolute Gasteiger partial charge is 0.370 e. The molecule has 1 aliphatic carbocycles. The van der Waals surface area contributed by atoms with E-state index in [9.17, 15) is 4.79 Å². The number of halogens is 1. The van der Waals surface area contributed by atoms with Gasteiger partial charge >= 0.3 is 0 Å². The lowest BCUT2D eigenvalue weighted by molar-refractivity contribution is -0.141. The predicted molar refractivity (Wildman–Crippen MR) is 87.9 cm³/mol. The second kappa shape index (κ2) is 6.40. The molecule has 2 saturated heterocycles. The molecule has 2 heterocycles. The Morgan fingerprint density at radius 1 is 1.26 bits per heavy atom. The van der Waals surface area contributed by atoms with Crippen molar-refractivity contribution in [2.45, 2.75) is 37.5 Å². The number of rotatable bonds is 3. The first-order chi connectivity index (χ1) is 11.2. The maximum atomic E-state index is 12.8. The molecular formula is C17H22ClN3O2. The second-order valence-electron chi connectivity index (χ2n) is 6.69. The van der Waals surface area contributed by atoms with E-state index >= 15 is 0 Å². The topological polar surface area (TPSA) is 53.6 Å². The van der Waals surface area contributed by atoms with Gasteiger partial charge in [0.2, 0.25) is 5.91 Å². The van der Waals surface area contributed by atoms with Crippen molar-refractivity contribution in [1.29, 1.82) is 0 Å². The summed E-state index contributed by atoms with van der Waals surface area (Å²) in [6, 6.07) is 8.02. The van der Waals surface area contributed by atoms with Gasteiger partial charge in [0.15, 0.2) is 0 Å². The number of carbonyl (C=O) groups excluding carboxylic acids is 1. The minimum Gasteiger partial charge on any atom is -0.370 e. The maximum Gasteiger partial charge on any atom is 0.241 e. The first kappa shape index (κ1) is 15.4. The molecule has 1 saturated carbocycles. The molecule has 0 radical (unpaired) electrons. The molecule has 2 aliphatic heterocycles. The van der Waals surface area contributed by atoms with Crippen LogP contribution in [0.1, 0.15) is 30.9 Å². The Morgan fingerprint density at radius 3 is 2.87 bits per heavy atom. The summed E-state index contributed by atoms with van der Waals surface area (Å²) in [4.78, 5) is 14.7. The molecular weight excluding hydrogens is 314 g/mol. The van der Waals surface area contributed by atoms with Crippen LogP contribution in [0.4, 0.5) is 0 Å². The van der Waals surface area contributed by atoms with Crippen LogP contribution in [0.15, 0.2) is 24.3 Å². The molecule has 5 nitrogen and oxygen atoms in total. The molecule has 23 heavy (non-hydrogen) atoms. The van der Waals surface area contributed by atoms with E-state index in [0.29, 0.717) is 30.8 Å². The monoisotopic (exact) mass is 335 g/mol. The van der Waals surface area contributed by atoms with Crippen LogP contribution in [-0.4, -0.2) is 42.6 Å². The molecule has 6 heteroatoms. The van der Waals surface area contributed by atoms with Crippen LogP contribution in [0.5, 0.6) is 0 Å². The molecule has 1 aromatic carbocycles. The number of nitrogens with one attached hydrogen (secondary N) is 2. The second-order valence-corrected chi connectivity index (χ2v) is 7.09. The number of morpholine rings is 1. The van der Waals surface area contributed by atoms with Crippen molar-refractivity contribution in [3.8, 4) is 0 Å². The summed E-state index contributed by atoms with van der Waals surface area (Å²) in [5.74, 6) is 0.918. The Hall–Kier alpha value is -1.14. The SMILES string of the molecule is O=C(C1CC(C2CC2)NN1)N1CCOC(c2ccccc2Cl)C1. The number of hydrogen-bond donors (Lipinski definition) is 2. The van der Waals surface area contributed by atoms with Gasteiger partial charge in [0.05, 0.1) is 13.2 Å². The van der Waals surface area contributed by atoms with Crippen LogP contribution in [0.3, 0.4) is 0 Å². The summed E-state index contributed by atoms with van der Waals surface area (Å²) >= 11 is 6.27. The van der Waals surface area contributed by atoms with Gasteiger partial charge in [0.1, 0.15) is 12.1 Å². The third kappa shape index (κ3) is 3.24. The summed E-state index contributed by atoms with van der Waals surface area (Å²) in [5.41, 5.74) is 7.43. The molecule has 3 atom stereocenters. The molecule has 2 N–H and O–H groups in total. The highest BCUT2D eigenvalue weighted by atomic mass is 35.5. The molecule has 0 aromatic heterocycles. The van der Waals surface area contributed by atoms with Gasteiger partial charge in [-0.25, -0.2) is 5.43 Å². The fourth-order valence-electron chi connectivity index (χ4n) is 3.55. The van der Waals surface area contributed by atoms with Crippen molar-refractivity contribution in [2.24, 2.45) is 5.92 Å². The smallest absolute Gasteiger partial charge is 0.241 e. The van der Waals surface area contributed by atoms with Gasteiger partial charge in [0, 0.05) is 23.2 Å². The zero-order valence-corrected chi connectivity index (χ0v) is 13.8. The van der Waals surface area contributed by atoms with Gasteiger partial charge in [-0.05, 0) is 31.2 Å². The van der Waals surface area contributed by atoms with Gasteiger partial charge in [0.25, 0.3) is 0 Å². The standard InChI is InChI=1S/C17H22ClN3O2/c18-13-4-2-1-3-12(13)16-10-21(7-8-23-16)17(22)15-9-14(19-20-15)11-5-6-11/h1-4,11,14-16,19-20H,5-10H2. The molecule has 1 aromatic rings. The van der Waals surface area contributed by atoms with E-state index in [2.05, 4.69) is 10.9 Å². The van der Waals surface area contributed by atoms with Crippen LogP contribution >= 0.6 is 11.6 Å². The molecule has 3 fully saturated rings. The van der Waals surface area contributed by atoms with E-state index in [1.807, 2.05) is 29.2 Å². The Kier molecular flexibility index (Phi) is 4.28. The Morgan fingerprint density at radius 2 is 2.09 bits per heavy atom. The highest BCUT2D eigenvalue weighted by Crippen LogP contribution is 2.36. The lowest BCUT2D eigenvalue weighted by Gasteiger charge is -2.34. The Labute approximate surface area is 141 Å². The number of benzene rings is 1. The summed E-state index contributed by atoms with van der Waals surface area (Å²) < 4.78 is 5.84. The average molecular weight is 336 g/mol. The highest BCUT2D eigenvalue weighted by molar-refractivity contribution is 6.31. The van der Waals surface area contributed by atoms with E-state index in [-0.39, 0.29) is 18.1 Å². The number of amides is 1. The summed E-state index contributed by atoms with van der Waals surface area (Å²) in [7, 11) is 0. The quantitative estimate of drug-likeness (QED) is 0.885. The minimum atomic E-state index is -0.144. The van der Waals surface area contributed by atoms with E-state index in [1.165, 1.54) is 12.8 Å². The zero-order valence-electron chi connectivity index (χ0n) is 13.0. The van der Waals surface area contributed by atoms with Crippen molar-refractivity contribution in [3.05, 3.63) is 34.9 Å². The van der Waals surface area contributed by atoms with Crippen LogP contribution in [0.25, 0.3) is 0 Å². The number of carbonyl (C=O) groups is 1. The summed E-state index contributed by atoms with van der Waals surface area (Å²) in [6.45, 7) is 1.76. The fourth-order valence-corrected chi connectivity index (χ4v) is 3.80. The first-order valence-electron chi connectivity index (χ1n) is 8.38.